The molecule has 0 aromatic carbocycles. The van der Waals surface area contributed by atoms with Crippen molar-refractivity contribution >= 4 is 0 Å². The highest BCUT2D eigenvalue weighted by Gasteiger charge is 2.03. The smallest absolute Gasteiger partial charge is 0.0312 e. The largest absolute Gasteiger partial charge is 0.306 e. The van der Waals surface area contributed by atoms with Crippen LogP contribution in [0.25, 0.3) is 0 Å². The Balaban J connectivity index is 1.92. The van der Waals surface area contributed by atoms with Gasteiger partial charge < -0.3 is 5.32 Å². The summed E-state index contributed by atoms with van der Waals surface area (Å²) in [4.78, 5) is 8.09. The summed E-state index contributed by atoms with van der Waals surface area (Å²) >= 11 is 0. The topological polar surface area (TPSA) is 37.8 Å². The van der Waals surface area contributed by atoms with E-state index in [4.69, 9.17) is 0 Å². The second-order valence-electron chi connectivity index (χ2n) is 3.74. The van der Waals surface area contributed by atoms with Crippen LogP contribution in [0.15, 0.2) is 49.1 Å². The summed E-state index contributed by atoms with van der Waals surface area (Å²) in [6.07, 6.45) is 7.30. The molecule has 0 aliphatic rings. The molecular weight excluding hydrogens is 198 g/mol. The van der Waals surface area contributed by atoms with Crippen LogP contribution in [0.2, 0.25) is 0 Å². The van der Waals surface area contributed by atoms with Gasteiger partial charge in [-0.2, -0.15) is 0 Å². The van der Waals surface area contributed by atoms with Crippen molar-refractivity contribution in [2.45, 2.75) is 19.5 Å². The molecule has 1 N–H and O–H groups in total. The summed E-state index contributed by atoms with van der Waals surface area (Å²) in [6, 6.07) is 8.40. The van der Waals surface area contributed by atoms with Crippen molar-refractivity contribution in [1.29, 1.82) is 0 Å². The maximum absolute atomic E-state index is 4.09. The second kappa shape index (κ2) is 5.37. The Kier molecular flexibility index (Phi) is 3.62. The van der Waals surface area contributed by atoms with Gasteiger partial charge in [-0.1, -0.05) is 6.07 Å². The fourth-order valence-electron chi connectivity index (χ4n) is 1.54. The number of nitrogens with one attached hydrogen (secondary N) is 1. The van der Waals surface area contributed by atoms with Gasteiger partial charge in [-0.25, -0.2) is 0 Å². The SMILES string of the molecule is C[C@@H](NCc1cccnc1)c1ccncc1. The first-order chi connectivity index (χ1) is 7.86. The molecule has 3 nitrogen and oxygen atoms in total. The number of rotatable bonds is 4. The van der Waals surface area contributed by atoms with Crippen LogP contribution in [0.5, 0.6) is 0 Å². The van der Waals surface area contributed by atoms with E-state index in [1.54, 1.807) is 6.20 Å². The van der Waals surface area contributed by atoms with Crippen LogP contribution in [-0.4, -0.2) is 9.97 Å². The lowest BCUT2D eigenvalue weighted by atomic mass is 10.1. The molecule has 1 atom stereocenters. The molecule has 0 unspecified atom stereocenters. The molecule has 0 aliphatic carbocycles. The van der Waals surface area contributed by atoms with Gasteiger partial charge in [-0.15, -0.1) is 0 Å². The van der Waals surface area contributed by atoms with Gasteiger partial charge in [0.05, 0.1) is 0 Å². The molecule has 0 aliphatic heterocycles. The first-order valence-electron chi connectivity index (χ1n) is 5.38. The Labute approximate surface area is 95.6 Å². The third-order valence-corrected chi connectivity index (χ3v) is 2.54. The second-order valence-corrected chi connectivity index (χ2v) is 3.74. The Morgan fingerprint density at radius 2 is 1.94 bits per heavy atom. The normalized spacial score (nSPS) is 12.3. The monoisotopic (exact) mass is 213 g/mol. The molecule has 0 fully saturated rings. The van der Waals surface area contributed by atoms with Crippen molar-refractivity contribution in [2.75, 3.05) is 0 Å². The van der Waals surface area contributed by atoms with Crippen molar-refractivity contribution in [3.05, 3.63) is 60.2 Å². The molecule has 0 amide bonds. The lowest BCUT2D eigenvalue weighted by Gasteiger charge is -2.13. The summed E-state index contributed by atoms with van der Waals surface area (Å²) < 4.78 is 0. The fraction of sp³-hybridized carbons (Fsp3) is 0.231. The molecule has 2 rings (SSSR count). The Bertz CT molecular complexity index is 414. The fourth-order valence-corrected chi connectivity index (χ4v) is 1.54. The molecule has 2 aromatic rings. The van der Waals surface area contributed by atoms with E-state index in [0.717, 1.165) is 6.54 Å². The van der Waals surface area contributed by atoms with Gasteiger partial charge in [0.25, 0.3) is 0 Å². The first-order valence-corrected chi connectivity index (χ1v) is 5.38. The van der Waals surface area contributed by atoms with Crippen LogP contribution >= 0.6 is 0 Å². The first kappa shape index (κ1) is 10.8. The van der Waals surface area contributed by atoms with E-state index in [2.05, 4.69) is 28.3 Å². The highest BCUT2D eigenvalue weighted by atomic mass is 14.9. The average Bonchev–Trinajstić information content (AvgIpc) is 2.38. The van der Waals surface area contributed by atoms with E-state index in [0.29, 0.717) is 6.04 Å². The minimum atomic E-state index is 0.322. The highest BCUT2D eigenvalue weighted by molar-refractivity contribution is 5.15. The summed E-state index contributed by atoms with van der Waals surface area (Å²) in [5.41, 5.74) is 2.45. The summed E-state index contributed by atoms with van der Waals surface area (Å²) in [6.45, 7) is 2.98. The van der Waals surface area contributed by atoms with Crippen LogP contribution in [0.1, 0.15) is 24.1 Å². The number of pyridine rings is 2. The Morgan fingerprint density at radius 3 is 2.62 bits per heavy atom. The summed E-state index contributed by atoms with van der Waals surface area (Å²) in [7, 11) is 0. The van der Waals surface area contributed by atoms with Crippen molar-refractivity contribution < 1.29 is 0 Å². The van der Waals surface area contributed by atoms with Gasteiger partial charge >= 0.3 is 0 Å². The van der Waals surface area contributed by atoms with E-state index in [1.807, 2.05) is 36.8 Å². The van der Waals surface area contributed by atoms with Crippen molar-refractivity contribution in [3.63, 3.8) is 0 Å². The van der Waals surface area contributed by atoms with Crippen LogP contribution in [0, 0.1) is 0 Å². The summed E-state index contributed by atoms with van der Waals surface area (Å²) in [5, 5.41) is 3.45. The average molecular weight is 213 g/mol. The molecule has 0 radical (unpaired) electrons. The maximum atomic E-state index is 4.09. The van der Waals surface area contributed by atoms with E-state index < -0.39 is 0 Å². The van der Waals surface area contributed by atoms with Crippen LogP contribution in [0.4, 0.5) is 0 Å². The quantitative estimate of drug-likeness (QED) is 0.847. The zero-order valence-electron chi connectivity index (χ0n) is 9.30. The predicted octanol–water partition coefficient (Wildman–Crippen LogP) is 2.33. The number of nitrogens with zero attached hydrogens (tertiary/aromatic N) is 2. The third kappa shape index (κ3) is 2.87. The number of hydrogen-bond acceptors (Lipinski definition) is 3. The van der Waals surface area contributed by atoms with Crippen LogP contribution < -0.4 is 5.32 Å². The molecule has 0 saturated heterocycles. The predicted molar refractivity (Wildman–Crippen MR) is 63.7 cm³/mol. The molecule has 16 heavy (non-hydrogen) atoms. The van der Waals surface area contributed by atoms with Gasteiger partial charge in [0.1, 0.15) is 0 Å². The van der Waals surface area contributed by atoms with Gasteiger partial charge in [0, 0.05) is 37.4 Å². The van der Waals surface area contributed by atoms with Crippen molar-refractivity contribution in [2.24, 2.45) is 0 Å². The van der Waals surface area contributed by atoms with Gasteiger partial charge in [0.15, 0.2) is 0 Å². The minimum absolute atomic E-state index is 0.322. The molecule has 0 bridgehead atoms. The molecule has 2 aromatic heterocycles. The van der Waals surface area contributed by atoms with Crippen LogP contribution in [0.3, 0.4) is 0 Å². The van der Waals surface area contributed by atoms with E-state index in [-0.39, 0.29) is 0 Å². The number of hydrogen-bond donors (Lipinski definition) is 1. The minimum Gasteiger partial charge on any atom is -0.306 e. The molecule has 0 spiro atoms. The Hall–Kier alpha value is -1.74. The lowest BCUT2D eigenvalue weighted by molar-refractivity contribution is 0.573. The van der Waals surface area contributed by atoms with Gasteiger partial charge in [-0.05, 0) is 36.2 Å². The molecule has 82 valence electrons. The lowest BCUT2D eigenvalue weighted by Crippen LogP contribution is -2.18. The molecule has 0 saturated carbocycles. The third-order valence-electron chi connectivity index (χ3n) is 2.54. The highest BCUT2D eigenvalue weighted by Crippen LogP contribution is 2.10. The van der Waals surface area contributed by atoms with Gasteiger partial charge in [-0.3, -0.25) is 9.97 Å². The zero-order valence-corrected chi connectivity index (χ0v) is 9.30. The summed E-state index contributed by atoms with van der Waals surface area (Å²) in [5.74, 6) is 0. The van der Waals surface area contributed by atoms with E-state index in [9.17, 15) is 0 Å². The molecule has 2 heterocycles. The zero-order chi connectivity index (χ0) is 11.2. The van der Waals surface area contributed by atoms with Gasteiger partial charge in [0.2, 0.25) is 0 Å². The van der Waals surface area contributed by atoms with Crippen molar-refractivity contribution in [3.8, 4) is 0 Å². The molecule has 3 heteroatoms. The van der Waals surface area contributed by atoms with Crippen molar-refractivity contribution in [1.82, 2.24) is 15.3 Å². The van der Waals surface area contributed by atoms with Crippen LogP contribution in [-0.2, 0) is 6.54 Å². The van der Waals surface area contributed by atoms with E-state index in [1.165, 1.54) is 11.1 Å². The Morgan fingerprint density at radius 1 is 1.12 bits per heavy atom. The molecular formula is C13H15N3. The standard InChI is InChI=1S/C13H15N3/c1-11(13-4-7-14-8-5-13)16-10-12-3-2-6-15-9-12/h2-9,11,16H,10H2,1H3/t11-/m1/s1. The van der Waals surface area contributed by atoms with E-state index >= 15 is 0 Å². The number of aromatic nitrogens is 2. The maximum Gasteiger partial charge on any atom is 0.0312 e.